The van der Waals surface area contributed by atoms with Gasteiger partial charge in [0.2, 0.25) is 0 Å². The van der Waals surface area contributed by atoms with E-state index in [4.69, 9.17) is 9.47 Å². The van der Waals surface area contributed by atoms with E-state index in [0.717, 1.165) is 12.8 Å². The molecule has 4 N–H and O–H groups in total. The highest BCUT2D eigenvalue weighted by Crippen LogP contribution is 2.13. The van der Waals surface area contributed by atoms with Crippen LogP contribution in [-0.2, 0) is 14.3 Å². The number of carbonyl (C=O) groups excluding carboxylic acids is 1. The van der Waals surface area contributed by atoms with E-state index in [1.807, 2.05) is 0 Å². The number of rotatable bonds is 20. The zero-order chi connectivity index (χ0) is 18.6. The van der Waals surface area contributed by atoms with E-state index in [1.54, 1.807) is 0 Å². The first kappa shape index (κ1) is 27.0. The van der Waals surface area contributed by atoms with Crippen molar-refractivity contribution in [2.75, 3.05) is 13.2 Å². The molecule has 0 aromatic rings. The first-order valence-electron chi connectivity index (χ1n) is 10.3. The molecular formula is C21H43NO4. The minimum atomic E-state index is -1.13. The Hall–Kier alpha value is -1.23. The fourth-order valence-electron chi connectivity index (χ4n) is 2.77. The average molecular weight is 374 g/mol. The second kappa shape index (κ2) is 21.8. The molecule has 0 bridgehead atoms. The molecule has 0 aliphatic carbocycles. The van der Waals surface area contributed by atoms with Crippen LogP contribution in [0.25, 0.3) is 0 Å². The summed E-state index contributed by atoms with van der Waals surface area (Å²) in [4.78, 5) is 10.2. The zero-order valence-electron chi connectivity index (χ0n) is 17.4. The molecule has 0 atom stereocenters. The number of carbonyl (C=O) groups is 1. The summed E-state index contributed by atoms with van der Waals surface area (Å²) in [7, 11) is 0. The van der Waals surface area contributed by atoms with Crippen molar-refractivity contribution in [2.45, 2.75) is 103 Å². The van der Waals surface area contributed by atoms with Gasteiger partial charge in [-0.05, 0) is 13.0 Å². The molecule has 0 aromatic carbocycles. The number of hydrogen-bond acceptors (Lipinski definition) is 4. The van der Waals surface area contributed by atoms with Crippen LogP contribution in [0.5, 0.6) is 0 Å². The molecule has 0 radical (unpaired) electrons. The van der Waals surface area contributed by atoms with Crippen LogP contribution in [0.2, 0.25) is 0 Å². The predicted molar refractivity (Wildman–Crippen MR) is 107 cm³/mol. The van der Waals surface area contributed by atoms with E-state index in [9.17, 15) is 9.90 Å². The van der Waals surface area contributed by atoms with Crippen molar-refractivity contribution in [3.8, 4) is 0 Å². The molecule has 0 amide bonds. The van der Waals surface area contributed by atoms with Crippen LogP contribution in [-0.4, -0.2) is 19.2 Å². The van der Waals surface area contributed by atoms with Crippen molar-refractivity contribution in [1.29, 1.82) is 0 Å². The van der Waals surface area contributed by atoms with Crippen molar-refractivity contribution < 1.29 is 19.4 Å². The number of unbranched alkanes of at least 4 members (excludes halogenated alkanes) is 13. The van der Waals surface area contributed by atoms with Gasteiger partial charge in [-0.15, -0.1) is 0 Å². The summed E-state index contributed by atoms with van der Waals surface area (Å²) in [6, 6.07) is 0. The third-order valence-electron chi connectivity index (χ3n) is 4.33. The molecule has 0 spiro atoms. The maximum Gasteiger partial charge on any atom is 0.271 e. The average Bonchev–Trinajstić information content (AvgIpc) is 2.58. The van der Waals surface area contributed by atoms with Crippen LogP contribution in [0.15, 0.2) is 12.5 Å². The second-order valence-electron chi connectivity index (χ2n) is 6.79. The number of carboxylic acids is 1. The van der Waals surface area contributed by atoms with Crippen molar-refractivity contribution >= 4 is 5.97 Å². The van der Waals surface area contributed by atoms with Gasteiger partial charge < -0.3 is 25.5 Å². The van der Waals surface area contributed by atoms with Gasteiger partial charge in [0.25, 0.3) is 5.95 Å². The number of ether oxygens (including phenoxy) is 2. The third kappa shape index (κ3) is 22.8. The van der Waals surface area contributed by atoms with E-state index in [1.165, 1.54) is 77.0 Å². The molecule has 0 aromatic heterocycles. The molecule has 0 saturated heterocycles. The van der Waals surface area contributed by atoms with Gasteiger partial charge in [-0.1, -0.05) is 90.4 Å². The summed E-state index contributed by atoms with van der Waals surface area (Å²) in [5.74, 6) is -0.921. The highest BCUT2D eigenvalue weighted by molar-refractivity contribution is 5.64. The van der Waals surface area contributed by atoms with E-state index in [2.05, 4.69) is 13.5 Å². The Bertz CT molecular complexity index is 321. The van der Waals surface area contributed by atoms with Crippen molar-refractivity contribution in [2.24, 2.45) is 0 Å². The maximum atomic E-state index is 10.2. The topological polar surface area (TPSA) is 95.1 Å². The molecule has 0 aliphatic heterocycles. The molecule has 0 heterocycles. The van der Waals surface area contributed by atoms with E-state index in [0.29, 0.717) is 6.61 Å². The van der Waals surface area contributed by atoms with Crippen molar-refractivity contribution in [3.05, 3.63) is 12.5 Å². The Morgan fingerprint density at radius 1 is 0.731 bits per heavy atom. The summed E-state index contributed by atoms with van der Waals surface area (Å²) in [6.07, 6.45) is 18.5. The number of hydrogen-bond donors (Lipinski definition) is 1. The summed E-state index contributed by atoms with van der Waals surface area (Å²) >= 11 is 0. The summed E-state index contributed by atoms with van der Waals surface area (Å²) in [5.41, 5.74) is 0. The van der Waals surface area contributed by atoms with Gasteiger partial charge in [-0.3, -0.25) is 0 Å². The van der Waals surface area contributed by atoms with Crippen molar-refractivity contribution in [3.63, 3.8) is 0 Å². The van der Waals surface area contributed by atoms with Gasteiger partial charge in [0.05, 0.1) is 13.2 Å². The molecule has 0 unspecified atom stereocenters. The molecule has 26 heavy (non-hydrogen) atoms. The standard InChI is InChI=1S/C21H40O4.H3N/c1-3-4-5-6-7-8-9-10-11-12-13-14-15-16-18-24-20(2)25-19-17-21(22)23;/h2-19H2,1H3,(H,22,23);1H3. The quantitative estimate of drug-likeness (QED) is 0.225. The third-order valence-corrected chi connectivity index (χ3v) is 4.33. The highest BCUT2D eigenvalue weighted by atomic mass is 16.7. The van der Waals surface area contributed by atoms with Gasteiger partial charge in [-0.25, -0.2) is 0 Å². The Morgan fingerprint density at radius 3 is 1.54 bits per heavy atom. The Labute approximate surface area is 161 Å². The van der Waals surface area contributed by atoms with Crippen LogP contribution >= 0.6 is 0 Å². The number of carboxylic acid groups (broad SMARTS) is 1. The molecule has 5 heteroatoms. The normalized spacial score (nSPS) is 10.2. The van der Waals surface area contributed by atoms with E-state index < -0.39 is 5.97 Å². The Morgan fingerprint density at radius 2 is 1.12 bits per heavy atom. The van der Waals surface area contributed by atoms with Gasteiger partial charge >= 0.3 is 0 Å². The fraction of sp³-hybridized carbons (Fsp3) is 0.857. The van der Waals surface area contributed by atoms with Gasteiger partial charge in [0.1, 0.15) is 0 Å². The number of aliphatic carboxylic acids is 1. The Balaban J connectivity index is 0. The van der Waals surface area contributed by atoms with Crippen LogP contribution < -0.4 is 11.3 Å². The monoisotopic (exact) mass is 373 g/mol. The van der Waals surface area contributed by atoms with E-state index in [-0.39, 0.29) is 25.1 Å². The number of quaternary nitrogens is 1. The lowest BCUT2D eigenvalue weighted by atomic mass is 10.0. The molecule has 0 fully saturated rings. The minimum absolute atomic E-state index is 0. The van der Waals surface area contributed by atoms with Crippen LogP contribution in [0.3, 0.4) is 0 Å². The lowest BCUT2D eigenvalue weighted by molar-refractivity contribution is -0.306. The second-order valence-corrected chi connectivity index (χ2v) is 6.79. The molecule has 5 nitrogen and oxygen atoms in total. The summed E-state index contributed by atoms with van der Waals surface area (Å²) in [5, 5.41) is 10.2. The van der Waals surface area contributed by atoms with Gasteiger partial charge in [0.15, 0.2) is 0 Å². The lowest BCUT2D eigenvalue weighted by Crippen LogP contribution is -2.23. The largest absolute Gasteiger partial charge is 0.550 e. The SMILES string of the molecule is C=C(OCCCCCCCCCCCCCCCC)OCCC(=O)[O-].[NH4+]. The molecule has 156 valence electrons. The summed E-state index contributed by atoms with van der Waals surface area (Å²) < 4.78 is 10.3. The van der Waals surface area contributed by atoms with Crippen LogP contribution in [0.4, 0.5) is 0 Å². The minimum Gasteiger partial charge on any atom is -0.550 e. The molecule has 0 saturated carbocycles. The van der Waals surface area contributed by atoms with Gasteiger partial charge in [0, 0.05) is 12.4 Å². The highest BCUT2D eigenvalue weighted by Gasteiger charge is 1.97. The first-order valence-corrected chi connectivity index (χ1v) is 10.3. The maximum absolute atomic E-state index is 10.2. The first-order chi connectivity index (χ1) is 12.2. The van der Waals surface area contributed by atoms with Crippen LogP contribution in [0, 0.1) is 0 Å². The zero-order valence-corrected chi connectivity index (χ0v) is 17.4. The smallest absolute Gasteiger partial charge is 0.271 e. The van der Waals surface area contributed by atoms with Crippen molar-refractivity contribution in [1.82, 2.24) is 6.15 Å². The predicted octanol–water partition coefficient (Wildman–Crippen LogP) is 5.49. The summed E-state index contributed by atoms with van der Waals surface area (Å²) in [6.45, 7) is 6.50. The van der Waals surface area contributed by atoms with E-state index >= 15 is 0 Å². The molecule has 0 aliphatic rings. The Kier molecular flexibility index (Phi) is 22.6. The lowest BCUT2D eigenvalue weighted by Gasteiger charge is -2.10. The van der Waals surface area contributed by atoms with Gasteiger partial charge in [-0.2, -0.15) is 0 Å². The molecular weight excluding hydrogens is 330 g/mol. The van der Waals surface area contributed by atoms with Crippen LogP contribution in [0.1, 0.15) is 103 Å². The molecule has 0 rings (SSSR count). The fourth-order valence-corrected chi connectivity index (χ4v) is 2.77.